The van der Waals surface area contributed by atoms with Crippen LogP contribution in [0.25, 0.3) is 0 Å². The first kappa shape index (κ1) is 24.0. The first-order valence-corrected chi connectivity index (χ1v) is 11.5. The van der Waals surface area contributed by atoms with Crippen molar-refractivity contribution in [3.05, 3.63) is 94.0 Å². The van der Waals surface area contributed by atoms with Gasteiger partial charge in [-0.15, -0.1) is 0 Å². The molecule has 0 aliphatic rings. The molecule has 5 heteroatoms. The molecule has 4 aromatic carbocycles. The molecule has 0 spiro atoms. The highest BCUT2D eigenvalue weighted by Gasteiger charge is 2.21. The Morgan fingerprint density at radius 2 is 1.14 bits per heavy atom. The van der Waals surface area contributed by atoms with Gasteiger partial charge in [0.1, 0.15) is 17.2 Å². The van der Waals surface area contributed by atoms with Crippen LogP contribution in [0.3, 0.4) is 0 Å². The predicted octanol–water partition coefficient (Wildman–Crippen LogP) is 7.92. The van der Waals surface area contributed by atoms with Gasteiger partial charge in [-0.3, -0.25) is 0 Å². The van der Waals surface area contributed by atoms with Crippen LogP contribution in [-0.4, -0.2) is 15.3 Å². The maximum atomic E-state index is 10.6. The Bertz CT molecular complexity index is 1370. The maximum absolute atomic E-state index is 10.6. The molecular weight excluding hydrogens is 438 g/mol. The Balaban J connectivity index is 1.92. The lowest BCUT2D eigenvalue weighted by molar-refractivity contribution is 0.406. The third-order valence-corrected chi connectivity index (χ3v) is 6.56. The van der Waals surface area contributed by atoms with E-state index in [1.54, 1.807) is 24.3 Å². The van der Waals surface area contributed by atoms with Gasteiger partial charge in [0, 0.05) is 23.9 Å². The first-order chi connectivity index (χ1) is 16.6. The molecule has 0 saturated carbocycles. The minimum atomic E-state index is 0.117. The Morgan fingerprint density at radius 3 is 1.71 bits per heavy atom. The minimum Gasteiger partial charge on any atom is -0.508 e. The molecule has 0 radical (unpaired) electrons. The fourth-order valence-electron chi connectivity index (χ4n) is 4.22. The zero-order valence-corrected chi connectivity index (χ0v) is 21.0. The lowest BCUT2D eigenvalue weighted by Gasteiger charge is -2.30. The smallest absolute Gasteiger partial charge is 0.172 e. The van der Waals surface area contributed by atoms with Gasteiger partial charge in [-0.1, -0.05) is 18.2 Å². The minimum absolute atomic E-state index is 0.117. The molecule has 0 bridgehead atoms. The molecule has 4 rings (SSSR count). The normalized spacial score (nSPS) is 10.9. The molecule has 3 N–H and O–H groups in total. The van der Waals surface area contributed by atoms with Gasteiger partial charge in [-0.2, -0.15) is 0 Å². The summed E-state index contributed by atoms with van der Waals surface area (Å²) in [6, 6.07) is 18.3. The average Bonchev–Trinajstić information content (AvgIpc) is 2.80. The van der Waals surface area contributed by atoms with E-state index in [-0.39, 0.29) is 17.2 Å². The molecule has 0 aliphatic heterocycles. The highest BCUT2D eigenvalue weighted by molar-refractivity contribution is 5.83. The van der Waals surface area contributed by atoms with Gasteiger partial charge in [-0.25, -0.2) is 0 Å². The molecular formula is C30H31NO4. The van der Waals surface area contributed by atoms with Crippen molar-refractivity contribution in [1.82, 2.24) is 0 Å². The van der Waals surface area contributed by atoms with Crippen LogP contribution in [0.1, 0.15) is 33.4 Å². The number of phenolic OH excluding ortho intramolecular Hbond substituents is 3. The van der Waals surface area contributed by atoms with E-state index in [4.69, 9.17) is 4.74 Å². The van der Waals surface area contributed by atoms with Gasteiger partial charge in [0.25, 0.3) is 0 Å². The second-order valence-corrected chi connectivity index (χ2v) is 9.13. The third-order valence-electron chi connectivity index (χ3n) is 6.56. The molecule has 35 heavy (non-hydrogen) atoms. The third kappa shape index (κ3) is 4.62. The van der Waals surface area contributed by atoms with Crippen LogP contribution in [0.2, 0.25) is 0 Å². The summed E-state index contributed by atoms with van der Waals surface area (Å²) in [7, 11) is 0. The van der Waals surface area contributed by atoms with E-state index in [0.29, 0.717) is 11.5 Å². The Labute approximate surface area is 206 Å². The Kier molecular flexibility index (Phi) is 6.35. The molecule has 4 aromatic rings. The van der Waals surface area contributed by atoms with Crippen LogP contribution in [0.15, 0.2) is 60.7 Å². The fraction of sp³-hybridized carbons (Fsp3) is 0.200. The molecule has 0 unspecified atom stereocenters. The fourth-order valence-corrected chi connectivity index (χ4v) is 4.22. The van der Waals surface area contributed by atoms with Crippen molar-refractivity contribution in [2.75, 3.05) is 4.90 Å². The van der Waals surface area contributed by atoms with Gasteiger partial charge in [0.05, 0.1) is 11.4 Å². The number of hydrogen-bond acceptors (Lipinski definition) is 5. The summed E-state index contributed by atoms with van der Waals surface area (Å²) < 4.78 is 6.16. The summed E-state index contributed by atoms with van der Waals surface area (Å²) in [4.78, 5) is 2.01. The number of rotatable bonds is 5. The molecule has 5 nitrogen and oxygen atoms in total. The largest absolute Gasteiger partial charge is 0.508 e. The summed E-state index contributed by atoms with van der Waals surface area (Å²) >= 11 is 0. The number of aryl methyl sites for hydroxylation is 4. The summed E-state index contributed by atoms with van der Waals surface area (Å²) in [5, 5.41) is 31.5. The number of anilines is 3. The lowest BCUT2D eigenvalue weighted by atomic mass is 10.0. The van der Waals surface area contributed by atoms with Crippen molar-refractivity contribution in [2.45, 2.75) is 41.5 Å². The van der Waals surface area contributed by atoms with Crippen LogP contribution < -0.4 is 9.64 Å². The van der Waals surface area contributed by atoms with E-state index in [1.807, 2.05) is 82.8 Å². The second kappa shape index (κ2) is 9.26. The number of phenols is 3. The maximum Gasteiger partial charge on any atom is 0.172 e. The van der Waals surface area contributed by atoms with Gasteiger partial charge in [-0.05, 0) is 99.2 Å². The molecule has 0 amide bonds. The predicted molar refractivity (Wildman–Crippen MR) is 141 cm³/mol. The monoisotopic (exact) mass is 469 g/mol. The number of aromatic hydroxyl groups is 3. The van der Waals surface area contributed by atoms with Crippen molar-refractivity contribution in [1.29, 1.82) is 0 Å². The molecule has 0 atom stereocenters. The van der Waals surface area contributed by atoms with Gasteiger partial charge >= 0.3 is 0 Å². The van der Waals surface area contributed by atoms with E-state index in [9.17, 15) is 15.3 Å². The summed E-state index contributed by atoms with van der Waals surface area (Å²) in [5.41, 5.74) is 7.84. The zero-order chi connectivity index (χ0) is 25.4. The highest BCUT2D eigenvalue weighted by Crippen LogP contribution is 2.44. The SMILES string of the molecule is Cc1cc(O)cc(N(c2cccc(Oc3c(C)ccc(C)c3O)c2)c2cc(O)cc(C)c2C)c1C. The number of ether oxygens (including phenoxy) is 1. The molecule has 0 heterocycles. The summed E-state index contributed by atoms with van der Waals surface area (Å²) in [6.07, 6.45) is 0. The van der Waals surface area contributed by atoms with Crippen LogP contribution in [0.4, 0.5) is 17.1 Å². The second-order valence-electron chi connectivity index (χ2n) is 9.13. The first-order valence-electron chi connectivity index (χ1n) is 11.5. The lowest BCUT2D eigenvalue weighted by Crippen LogP contribution is -2.14. The highest BCUT2D eigenvalue weighted by atomic mass is 16.5. The number of nitrogens with zero attached hydrogens (tertiary/aromatic N) is 1. The van der Waals surface area contributed by atoms with E-state index < -0.39 is 0 Å². The molecule has 0 aliphatic carbocycles. The van der Waals surface area contributed by atoms with Crippen molar-refractivity contribution in [2.24, 2.45) is 0 Å². The number of hydrogen-bond donors (Lipinski definition) is 3. The standard InChI is InChI=1S/C30H31NO4/c1-17-10-11-18(2)30(29(17)34)35-26-9-7-8-23(14-26)31(27-15-24(32)12-19(3)21(27)5)28-16-25(33)13-20(4)22(28)6/h7-16,32-34H,1-6H3. The van der Waals surface area contributed by atoms with E-state index in [2.05, 4.69) is 0 Å². The van der Waals surface area contributed by atoms with Crippen LogP contribution >= 0.6 is 0 Å². The number of benzene rings is 4. The summed E-state index contributed by atoms with van der Waals surface area (Å²) in [5.74, 6) is 1.42. The summed E-state index contributed by atoms with van der Waals surface area (Å²) in [6.45, 7) is 11.7. The van der Waals surface area contributed by atoms with Crippen LogP contribution in [0, 0.1) is 41.5 Å². The Morgan fingerprint density at radius 1 is 0.600 bits per heavy atom. The van der Waals surface area contributed by atoms with Crippen molar-refractivity contribution >= 4 is 17.1 Å². The molecule has 0 saturated heterocycles. The van der Waals surface area contributed by atoms with Gasteiger partial charge in [0.2, 0.25) is 0 Å². The van der Waals surface area contributed by atoms with E-state index in [0.717, 1.165) is 50.4 Å². The van der Waals surface area contributed by atoms with E-state index in [1.165, 1.54) is 0 Å². The molecule has 0 fully saturated rings. The van der Waals surface area contributed by atoms with Gasteiger partial charge in [0.15, 0.2) is 11.5 Å². The zero-order valence-electron chi connectivity index (χ0n) is 21.0. The van der Waals surface area contributed by atoms with Crippen molar-refractivity contribution < 1.29 is 20.1 Å². The quantitative estimate of drug-likeness (QED) is 0.277. The molecule has 0 aromatic heterocycles. The van der Waals surface area contributed by atoms with Crippen molar-refractivity contribution in [3.63, 3.8) is 0 Å². The van der Waals surface area contributed by atoms with Crippen LogP contribution in [0.5, 0.6) is 28.7 Å². The van der Waals surface area contributed by atoms with Crippen molar-refractivity contribution in [3.8, 4) is 28.7 Å². The topological polar surface area (TPSA) is 73.2 Å². The van der Waals surface area contributed by atoms with Gasteiger partial charge < -0.3 is 25.0 Å². The average molecular weight is 470 g/mol. The van der Waals surface area contributed by atoms with Crippen LogP contribution in [-0.2, 0) is 0 Å². The van der Waals surface area contributed by atoms with E-state index >= 15 is 0 Å². The molecule has 180 valence electrons. The Hall–Kier alpha value is -4.12.